The summed E-state index contributed by atoms with van der Waals surface area (Å²) >= 11 is 0. The summed E-state index contributed by atoms with van der Waals surface area (Å²) in [5, 5.41) is 2.50. The molecule has 0 saturated carbocycles. The zero-order valence-electron chi connectivity index (χ0n) is 14.0. The number of fused-ring (bicyclic) bond motifs is 1. The van der Waals surface area contributed by atoms with Gasteiger partial charge in [-0.2, -0.15) is 0 Å². The molecular formula is C17H20N2O5. The third-order valence-corrected chi connectivity index (χ3v) is 3.92. The van der Waals surface area contributed by atoms with E-state index in [4.69, 9.17) is 0 Å². The molecule has 0 saturated heterocycles. The third-order valence-electron chi connectivity index (χ3n) is 3.92. The Morgan fingerprint density at radius 1 is 1.04 bits per heavy atom. The molecule has 0 aromatic heterocycles. The van der Waals surface area contributed by atoms with Gasteiger partial charge in [-0.25, -0.2) is 4.79 Å². The van der Waals surface area contributed by atoms with E-state index in [1.807, 2.05) is 0 Å². The van der Waals surface area contributed by atoms with Crippen molar-refractivity contribution in [3.63, 3.8) is 0 Å². The molecular weight excluding hydrogens is 312 g/mol. The fourth-order valence-corrected chi connectivity index (χ4v) is 2.71. The van der Waals surface area contributed by atoms with Gasteiger partial charge in [0.05, 0.1) is 18.2 Å². The smallest absolute Gasteiger partial charge is 0.328 e. The van der Waals surface area contributed by atoms with Crippen LogP contribution in [0, 0.1) is 5.92 Å². The van der Waals surface area contributed by atoms with Crippen molar-refractivity contribution in [3.8, 4) is 0 Å². The number of carbonyl (C=O) groups is 4. The van der Waals surface area contributed by atoms with E-state index in [0.717, 1.165) is 4.90 Å². The number of benzene rings is 1. The number of ether oxygens (including phenoxy) is 1. The van der Waals surface area contributed by atoms with Crippen LogP contribution >= 0.6 is 0 Å². The van der Waals surface area contributed by atoms with Gasteiger partial charge in [0.15, 0.2) is 0 Å². The summed E-state index contributed by atoms with van der Waals surface area (Å²) < 4.78 is 4.57. The number of esters is 1. The second-order valence-corrected chi connectivity index (χ2v) is 5.97. The molecule has 0 spiro atoms. The largest absolute Gasteiger partial charge is 0.467 e. The number of imide groups is 1. The Kier molecular flexibility index (Phi) is 5.02. The molecule has 1 aromatic carbocycles. The summed E-state index contributed by atoms with van der Waals surface area (Å²) in [7, 11) is 1.22. The lowest BCUT2D eigenvalue weighted by Crippen LogP contribution is -2.55. The Bertz CT molecular complexity index is 663. The molecule has 7 heteroatoms. The quantitative estimate of drug-likeness (QED) is 0.641. The van der Waals surface area contributed by atoms with Gasteiger partial charge in [0.2, 0.25) is 5.91 Å². The van der Waals surface area contributed by atoms with Crippen LogP contribution in [-0.2, 0) is 14.3 Å². The second kappa shape index (κ2) is 6.82. The lowest BCUT2D eigenvalue weighted by molar-refractivity contribution is -0.145. The number of methoxy groups -OCH3 is 1. The van der Waals surface area contributed by atoms with Gasteiger partial charge in [0.25, 0.3) is 11.8 Å². The van der Waals surface area contributed by atoms with E-state index < -0.39 is 35.8 Å². The predicted molar refractivity (Wildman–Crippen MR) is 85.2 cm³/mol. The maximum Gasteiger partial charge on any atom is 0.328 e. The molecule has 0 aliphatic carbocycles. The molecule has 128 valence electrons. The van der Waals surface area contributed by atoms with E-state index >= 15 is 0 Å². The SMILES string of the molecule is COC(=O)[C@H](C)NC(=O)[C@H](C(C)C)N1C(=O)c2ccccc2C1=O. The molecule has 2 rings (SSSR count). The van der Waals surface area contributed by atoms with Crippen molar-refractivity contribution in [1.29, 1.82) is 0 Å². The Hall–Kier alpha value is -2.70. The molecule has 1 aliphatic heterocycles. The van der Waals surface area contributed by atoms with Crippen molar-refractivity contribution in [2.24, 2.45) is 5.92 Å². The molecule has 0 fully saturated rings. The van der Waals surface area contributed by atoms with Crippen LogP contribution in [0.5, 0.6) is 0 Å². The number of amides is 3. The molecule has 2 atom stereocenters. The lowest BCUT2D eigenvalue weighted by Gasteiger charge is -2.29. The highest BCUT2D eigenvalue weighted by atomic mass is 16.5. The van der Waals surface area contributed by atoms with Crippen molar-refractivity contribution in [2.45, 2.75) is 32.9 Å². The summed E-state index contributed by atoms with van der Waals surface area (Å²) in [6.07, 6.45) is 0. The number of hydrogen-bond acceptors (Lipinski definition) is 5. The maximum absolute atomic E-state index is 12.6. The fourth-order valence-electron chi connectivity index (χ4n) is 2.71. The van der Waals surface area contributed by atoms with Gasteiger partial charge in [-0.3, -0.25) is 19.3 Å². The van der Waals surface area contributed by atoms with Gasteiger partial charge in [0.1, 0.15) is 12.1 Å². The number of carbonyl (C=O) groups excluding carboxylic acids is 4. The van der Waals surface area contributed by atoms with E-state index in [9.17, 15) is 19.2 Å². The number of nitrogens with one attached hydrogen (secondary N) is 1. The van der Waals surface area contributed by atoms with Gasteiger partial charge in [-0.15, -0.1) is 0 Å². The van der Waals surface area contributed by atoms with Crippen molar-refractivity contribution in [3.05, 3.63) is 35.4 Å². The van der Waals surface area contributed by atoms with Crippen LogP contribution in [-0.4, -0.2) is 47.8 Å². The maximum atomic E-state index is 12.6. The first-order valence-electron chi connectivity index (χ1n) is 7.64. The normalized spacial score (nSPS) is 16.0. The monoisotopic (exact) mass is 332 g/mol. The van der Waals surface area contributed by atoms with Gasteiger partial charge < -0.3 is 10.1 Å². The van der Waals surface area contributed by atoms with Crippen LogP contribution in [0.4, 0.5) is 0 Å². The number of hydrogen-bond donors (Lipinski definition) is 1. The minimum atomic E-state index is -1.01. The molecule has 1 heterocycles. The second-order valence-electron chi connectivity index (χ2n) is 5.97. The summed E-state index contributed by atoms with van der Waals surface area (Å²) in [5.74, 6) is -2.51. The van der Waals surface area contributed by atoms with Crippen LogP contribution in [0.2, 0.25) is 0 Å². The van der Waals surface area contributed by atoms with Crippen molar-refractivity contribution >= 4 is 23.7 Å². The van der Waals surface area contributed by atoms with Crippen LogP contribution in [0.15, 0.2) is 24.3 Å². The van der Waals surface area contributed by atoms with Crippen LogP contribution < -0.4 is 5.32 Å². The highest BCUT2D eigenvalue weighted by molar-refractivity contribution is 6.22. The topological polar surface area (TPSA) is 92.8 Å². The van der Waals surface area contributed by atoms with Crippen LogP contribution in [0.25, 0.3) is 0 Å². The van der Waals surface area contributed by atoms with Gasteiger partial charge in [0, 0.05) is 0 Å². The Morgan fingerprint density at radius 3 is 1.96 bits per heavy atom. The van der Waals surface area contributed by atoms with E-state index in [1.165, 1.54) is 14.0 Å². The van der Waals surface area contributed by atoms with Crippen molar-refractivity contribution in [2.75, 3.05) is 7.11 Å². The molecule has 3 amide bonds. The van der Waals surface area contributed by atoms with E-state index in [-0.39, 0.29) is 17.0 Å². The Labute approximate surface area is 140 Å². The van der Waals surface area contributed by atoms with Crippen LogP contribution in [0.1, 0.15) is 41.5 Å². The zero-order chi connectivity index (χ0) is 18.0. The minimum absolute atomic E-state index is 0.280. The average molecular weight is 332 g/mol. The first-order valence-corrected chi connectivity index (χ1v) is 7.64. The minimum Gasteiger partial charge on any atom is -0.467 e. The summed E-state index contributed by atoms with van der Waals surface area (Å²) in [6, 6.07) is 4.56. The van der Waals surface area contributed by atoms with Crippen LogP contribution in [0.3, 0.4) is 0 Å². The highest BCUT2D eigenvalue weighted by Gasteiger charge is 2.44. The average Bonchev–Trinajstić information content (AvgIpc) is 2.79. The third kappa shape index (κ3) is 3.02. The fraction of sp³-hybridized carbons (Fsp3) is 0.412. The first kappa shape index (κ1) is 17.7. The molecule has 24 heavy (non-hydrogen) atoms. The highest BCUT2D eigenvalue weighted by Crippen LogP contribution is 2.27. The first-order chi connectivity index (χ1) is 11.3. The molecule has 0 radical (unpaired) electrons. The van der Waals surface area contributed by atoms with Crippen molar-refractivity contribution in [1.82, 2.24) is 10.2 Å². The Balaban J connectivity index is 2.29. The molecule has 0 bridgehead atoms. The molecule has 1 N–H and O–H groups in total. The van der Waals surface area contributed by atoms with E-state index in [1.54, 1.807) is 38.1 Å². The molecule has 1 aromatic rings. The lowest BCUT2D eigenvalue weighted by atomic mass is 10.0. The van der Waals surface area contributed by atoms with E-state index in [2.05, 4.69) is 10.1 Å². The van der Waals surface area contributed by atoms with Gasteiger partial charge in [-0.1, -0.05) is 26.0 Å². The molecule has 7 nitrogen and oxygen atoms in total. The Morgan fingerprint density at radius 2 is 1.54 bits per heavy atom. The zero-order valence-corrected chi connectivity index (χ0v) is 14.0. The number of nitrogens with zero attached hydrogens (tertiary/aromatic N) is 1. The summed E-state index contributed by atoms with van der Waals surface area (Å²) in [6.45, 7) is 4.94. The van der Waals surface area contributed by atoms with Gasteiger partial charge >= 0.3 is 5.97 Å². The molecule has 0 unspecified atom stereocenters. The molecule has 1 aliphatic rings. The van der Waals surface area contributed by atoms with Crippen molar-refractivity contribution < 1.29 is 23.9 Å². The predicted octanol–water partition coefficient (Wildman–Crippen LogP) is 0.985. The standard InChI is InChI=1S/C17H20N2O5/c1-9(2)13(14(20)18-10(3)17(23)24-4)19-15(21)11-7-5-6-8-12(11)16(19)22/h5-10,13H,1-4H3,(H,18,20)/t10-,13-/m0/s1. The summed E-state index contributed by atoms with van der Waals surface area (Å²) in [5.41, 5.74) is 0.559. The van der Waals surface area contributed by atoms with E-state index in [0.29, 0.717) is 0 Å². The summed E-state index contributed by atoms with van der Waals surface area (Å²) in [4.78, 5) is 50.2. The van der Waals surface area contributed by atoms with Gasteiger partial charge in [-0.05, 0) is 25.0 Å². The number of rotatable bonds is 5.